The molecule has 0 radical (unpaired) electrons. The zero-order valence-electron chi connectivity index (χ0n) is 12.1. The first kappa shape index (κ1) is 17.2. The number of benzene rings is 2. The summed E-state index contributed by atoms with van der Waals surface area (Å²) in [5.74, 6) is -1.15. The van der Waals surface area contributed by atoms with Crippen LogP contribution in [-0.2, 0) is 4.79 Å². The van der Waals surface area contributed by atoms with Crippen LogP contribution >= 0.6 is 43.6 Å². The number of fused-ring (bicyclic) bond motifs is 1. The Kier molecular flexibility index (Phi) is 5.07. The molecule has 1 heterocycles. The van der Waals surface area contributed by atoms with Crippen LogP contribution in [-0.4, -0.2) is 26.4 Å². The molecule has 1 aromatic heterocycles. The van der Waals surface area contributed by atoms with E-state index < -0.39 is 5.97 Å². The van der Waals surface area contributed by atoms with Crippen molar-refractivity contribution < 1.29 is 9.90 Å². The molecule has 8 heteroatoms. The van der Waals surface area contributed by atoms with Gasteiger partial charge < -0.3 is 5.11 Å². The van der Waals surface area contributed by atoms with Gasteiger partial charge >= 0.3 is 5.97 Å². The third kappa shape index (κ3) is 3.40. The van der Waals surface area contributed by atoms with Gasteiger partial charge in [0.05, 0.1) is 22.3 Å². The zero-order valence-corrected chi connectivity index (χ0v) is 16.1. The SMILES string of the molecule is O=C(O)CSc1nc2c(Br)cc(Br)cc2c(=O)n1-c1ccccc1. The van der Waals surface area contributed by atoms with Crippen molar-refractivity contribution in [1.82, 2.24) is 9.55 Å². The van der Waals surface area contributed by atoms with Crippen molar-refractivity contribution in [2.75, 3.05) is 5.75 Å². The number of hydrogen-bond donors (Lipinski definition) is 1. The third-order valence-corrected chi connectivity index (χ3v) is 5.19. The van der Waals surface area contributed by atoms with Crippen LogP contribution in [0.2, 0.25) is 0 Å². The number of aromatic nitrogens is 2. The highest BCUT2D eigenvalue weighted by Gasteiger charge is 2.16. The summed E-state index contributed by atoms with van der Waals surface area (Å²) in [5, 5.41) is 9.74. The van der Waals surface area contributed by atoms with Crippen LogP contribution in [0.25, 0.3) is 16.6 Å². The molecule has 0 aliphatic rings. The Morgan fingerprint density at radius 1 is 1.21 bits per heavy atom. The van der Waals surface area contributed by atoms with Crippen molar-refractivity contribution in [2.45, 2.75) is 5.16 Å². The first-order valence-electron chi connectivity index (χ1n) is 6.79. The molecule has 0 atom stereocenters. The Labute approximate surface area is 158 Å². The van der Waals surface area contributed by atoms with Gasteiger partial charge in [-0.15, -0.1) is 0 Å². The molecular formula is C16H10Br2N2O3S. The molecule has 3 rings (SSSR count). The smallest absolute Gasteiger partial charge is 0.313 e. The third-order valence-electron chi connectivity index (χ3n) is 3.20. The van der Waals surface area contributed by atoms with Crippen LogP contribution in [0.5, 0.6) is 0 Å². The summed E-state index contributed by atoms with van der Waals surface area (Å²) >= 11 is 7.80. The maximum Gasteiger partial charge on any atom is 0.313 e. The predicted molar refractivity (Wildman–Crippen MR) is 101 cm³/mol. The lowest BCUT2D eigenvalue weighted by molar-refractivity contribution is -0.133. The van der Waals surface area contributed by atoms with E-state index in [1.807, 2.05) is 18.2 Å². The molecule has 0 amide bonds. The summed E-state index contributed by atoms with van der Waals surface area (Å²) in [4.78, 5) is 28.5. The number of rotatable bonds is 4. The molecule has 0 saturated heterocycles. The van der Waals surface area contributed by atoms with E-state index >= 15 is 0 Å². The molecule has 24 heavy (non-hydrogen) atoms. The minimum absolute atomic E-state index is 0.182. The molecule has 2 aromatic carbocycles. The number of carboxylic acids is 1. The van der Waals surface area contributed by atoms with E-state index in [0.29, 0.717) is 26.2 Å². The average molecular weight is 470 g/mol. The summed E-state index contributed by atoms with van der Waals surface area (Å²) < 4.78 is 2.86. The van der Waals surface area contributed by atoms with E-state index in [2.05, 4.69) is 36.8 Å². The monoisotopic (exact) mass is 468 g/mol. The van der Waals surface area contributed by atoms with Crippen molar-refractivity contribution in [3.05, 3.63) is 61.8 Å². The highest BCUT2D eigenvalue weighted by molar-refractivity contribution is 9.11. The highest BCUT2D eigenvalue weighted by atomic mass is 79.9. The Balaban J connectivity index is 2.33. The lowest BCUT2D eigenvalue weighted by atomic mass is 10.2. The molecule has 0 saturated carbocycles. The average Bonchev–Trinajstić information content (AvgIpc) is 2.54. The van der Waals surface area contributed by atoms with Crippen LogP contribution in [0, 0.1) is 0 Å². The van der Waals surface area contributed by atoms with Crippen molar-refractivity contribution in [1.29, 1.82) is 0 Å². The summed E-state index contributed by atoms with van der Waals surface area (Å²) in [6, 6.07) is 12.6. The first-order valence-corrected chi connectivity index (χ1v) is 9.36. The summed E-state index contributed by atoms with van der Waals surface area (Å²) in [6.45, 7) is 0. The Hall–Kier alpha value is -1.64. The Morgan fingerprint density at radius 3 is 2.58 bits per heavy atom. The van der Waals surface area contributed by atoms with Crippen LogP contribution in [0.3, 0.4) is 0 Å². The number of carbonyl (C=O) groups is 1. The quantitative estimate of drug-likeness (QED) is 0.460. The van der Waals surface area contributed by atoms with Gasteiger partial charge in [-0.3, -0.25) is 14.2 Å². The van der Waals surface area contributed by atoms with Crippen molar-refractivity contribution >= 4 is 60.5 Å². The molecular weight excluding hydrogens is 460 g/mol. The maximum atomic E-state index is 13.0. The number of thioether (sulfide) groups is 1. The van der Waals surface area contributed by atoms with Crippen LogP contribution in [0.4, 0.5) is 0 Å². The lowest BCUT2D eigenvalue weighted by Gasteiger charge is -2.13. The Bertz CT molecular complexity index is 990. The molecule has 0 aliphatic carbocycles. The van der Waals surface area contributed by atoms with Gasteiger partial charge in [-0.25, -0.2) is 4.98 Å². The van der Waals surface area contributed by atoms with E-state index in [1.165, 1.54) is 4.57 Å². The van der Waals surface area contributed by atoms with Gasteiger partial charge in [0.25, 0.3) is 5.56 Å². The highest BCUT2D eigenvalue weighted by Crippen LogP contribution is 2.28. The van der Waals surface area contributed by atoms with E-state index in [1.54, 1.807) is 24.3 Å². The fourth-order valence-corrected chi connectivity index (χ4v) is 4.26. The van der Waals surface area contributed by atoms with Gasteiger partial charge in [0, 0.05) is 8.95 Å². The summed E-state index contributed by atoms with van der Waals surface area (Å²) in [6.07, 6.45) is 0. The van der Waals surface area contributed by atoms with E-state index in [0.717, 1.165) is 16.2 Å². The van der Waals surface area contributed by atoms with Crippen LogP contribution in [0.1, 0.15) is 0 Å². The molecule has 0 aliphatic heterocycles. The van der Waals surface area contributed by atoms with E-state index in [-0.39, 0.29) is 11.3 Å². The van der Waals surface area contributed by atoms with E-state index in [9.17, 15) is 9.59 Å². The number of nitrogens with zero attached hydrogens (tertiary/aromatic N) is 2. The molecule has 5 nitrogen and oxygen atoms in total. The fourth-order valence-electron chi connectivity index (χ4n) is 2.22. The van der Waals surface area contributed by atoms with Gasteiger partial charge in [0.2, 0.25) is 0 Å². The number of aliphatic carboxylic acids is 1. The zero-order chi connectivity index (χ0) is 17.3. The van der Waals surface area contributed by atoms with Gasteiger partial charge in [-0.2, -0.15) is 0 Å². The molecule has 0 unspecified atom stereocenters. The van der Waals surface area contributed by atoms with Crippen LogP contribution in [0.15, 0.2) is 61.4 Å². The number of carboxylic acid groups (broad SMARTS) is 1. The minimum Gasteiger partial charge on any atom is -0.481 e. The van der Waals surface area contributed by atoms with Crippen molar-refractivity contribution in [3.8, 4) is 5.69 Å². The molecule has 122 valence electrons. The largest absolute Gasteiger partial charge is 0.481 e. The standard InChI is InChI=1S/C16H10Br2N2O3S/c17-9-6-11-14(12(18)7-9)19-16(24-8-13(21)22)20(15(11)23)10-4-2-1-3-5-10/h1-7H,8H2,(H,21,22). The lowest BCUT2D eigenvalue weighted by Crippen LogP contribution is -2.22. The second kappa shape index (κ2) is 7.08. The number of hydrogen-bond acceptors (Lipinski definition) is 4. The number of para-hydroxylation sites is 1. The Morgan fingerprint density at radius 2 is 1.92 bits per heavy atom. The predicted octanol–water partition coefficient (Wildman–Crippen LogP) is 4.09. The van der Waals surface area contributed by atoms with Crippen LogP contribution < -0.4 is 5.56 Å². The van der Waals surface area contributed by atoms with Crippen molar-refractivity contribution in [3.63, 3.8) is 0 Å². The molecule has 1 N–H and O–H groups in total. The van der Waals surface area contributed by atoms with E-state index in [4.69, 9.17) is 5.11 Å². The fraction of sp³-hybridized carbons (Fsp3) is 0.0625. The summed E-state index contributed by atoms with van der Waals surface area (Å²) in [7, 11) is 0. The van der Waals surface area contributed by atoms with Gasteiger partial charge in [-0.05, 0) is 40.2 Å². The number of halogens is 2. The van der Waals surface area contributed by atoms with Gasteiger partial charge in [0.1, 0.15) is 0 Å². The van der Waals surface area contributed by atoms with Crippen molar-refractivity contribution in [2.24, 2.45) is 0 Å². The van der Waals surface area contributed by atoms with Gasteiger partial charge in [0.15, 0.2) is 5.16 Å². The topological polar surface area (TPSA) is 72.2 Å². The molecule has 0 bridgehead atoms. The minimum atomic E-state index is -0.969. The normalized spacial score (nSPS) is 10.9. The second-order valence-electron chi connectivity index (χ2n) is 4.84. The first-order chi connectivity index (χ1) is 11.5. The van der Waals surface area contributed by atoms with Gasteiger partial charge in [-0.1, -0.05) is 45.9 Å². The summed E-state index contributed by atoms with van der Waals surface area (Å²) in [5.41, 5.74) is 0.894. The molecule has 3 aromatic rings. The maximum absolute atomic E-state index is 13.0. The second-order valence-corrected chi connectivity index (χ2v) is 7.55. The molecule has 0 spiro atoms. The molecule has 0 fully saturated rings.